The first kappa shape index (κ1) is 19.3. The van der Waals surface area contributed by atoms with Gasteiger partial charge in [-0.25, -0.2) is 0 Å². The molecule has 0 saturated heterocycles. The highest BCUT2D eigenvalue weighted by molar-refractivity contribution is 7.80. The summed E-state index contributed by atoms with van der Waals surface area (Å²) in [6.45, 7) is 0.805. The van der Waals surface area contributed by atoms with Crippen molar-refractivity contribution in [2.45, 2.75) is 6.42 Å². The van der Waals surface area contributed by atoms with Crippen molar-refractivity contribution in [1.29, 1.82) is 0 Å². The van der Waals surface area contributed by atoms with E-state index in [1.807, 2.05) is 18.2 Å². The van der Waals surface area contributed by atoms with Gasteiger partial charge in [0.25, 0.3) is 0 Å². The minimum absolute atomic E-state index is 0.770. The zero-order chi connectivity index (χ0) is 20.5. The van der Waals surface area contributed by atoms with E-state index in [-0.39, 0.29) is 0 Å². The van der Waals surface area contributed by atoms with Gasteiger partial charge in [-0.2, -0.15) is 0 Å². The van der Waals surface area contributed by atoms with Gasteiger partial charge >= 0.3 is 0 Å². The second-order valence-corrected chi connectivity index (χ2v) is 9.16. The number of rotatable bonds is 5. The van der Waals surface area contributed by atoms with E-state index in [9.17, 15) is 0 Å². The van der Waals surface area contributed by atoms with Gasteiger partial charge in [-0.15, -0.1) is 11.3 Å². The number of aromatic amines is 1. The van der Waals surface area contributed by atoms with Crippen molar-refractivity contribution in [1.82, 2.24) is 10.3 Å². The third-order valence-electron chi connectivity index (χ3n) is 5.26. The Kier molecular flexibility index (Phi) is 5.30. The first-order chi connectivity index (χ1) is 14.7. The Morgan fingerprint density at radius 2 is 1.83 bits per heavy atom. The van der Waals surface area contributed by atoms with E-state index in [4.69, 9.17) is 23.8 Å². The number of fused-ring (bicyclic) bond motifs is 2. The summed E-state index contributed by atoms with van der Waals surface area (Å²) < 4.78 is 1.24. The zero-order valence-electron chi connectivity index (χ0n) is 16.1. The van der Waals surface area contributed by atoms with Crippen LogP contribution in [0.2, 0.25) is 5.02 Å². The van der Waals surface area contributed by atoms with Gasteiger partial charge in [-0.3, -0.25) is 0 Å². The first-order valence-corrected chi connectivity index (χ1v) is 11.4. The summed E-state index contributed by atoms with van der Waals surface area (Å²) >= 11 is 13.5. The maximum absolute atomic E-state index is 6.11. The standard InChI is InChI=1S/C25H19ClN2S2/c26-20-9-10-23-19(13-20)14-24(30-23)16-5-7-17(8-6-16)25(29)27-12-11-18-15-28-22-4-2-1-3-21(18)22/h1-10,13-15,28H,11-12H2,(H,27,29). The molecule has 0 aliphatic rings. The van der Waals surface area contributed by atoms with Gasteiger partial charge in [0.15, 0.2) is 0 Å². The third-order valence-corrected chi connectivity index (χ3v) is 7.05. The zero-order valence-corrected chi connectivity index (χ0v) is 18.5. The normalized spacial score (nSPS) is 11.2. The number of hydrogen-bond donors (Lipinski definition) is 2. The van der Waals surface area contributed by atoms with Crippen LogP contribution in [0.4, 0.5) is 0 Å². The Labute approximate surface area is 189 Å². The molecule has 0 spiro atoms. The fourth-order valence-corrected chi connectivity index (χ4v) is 5.16. The molecule has 2 nitrogen and oxygen atoms in total. The van der Waals surface area contributed by atoms with E-state index in [1.54, 1.807) is 11.3 Å². The van der Waals surface area contributed by atoms with Gasteiger partial charge in [0.1, 0.15) is 4.99 Å². The van der Waals surface area contributed by atoms with Gasteiger partial charge in [-0.05, 0) is 53.3 Å². The number of nitrogens with one attached hydrogen (secondary N) is 2. The Morgan fingerprint density at radius 3 is 2.70 bits per heavy atom. The number of hydrogen-bond acceptors (Lipinski definition) is 2. The SMILES string of the molecule is S=C(NCCc1c[nH]c2ccccc12)c1ccc(-c2cc3cc(Cl)ccc3s2)cc1. The molecule has 0 amide bonds. The van der Waals surface area contributed by atoms with Crippen LogP contribution in [0.3, 0.4) is 0 Å². The monoisotopic (exact) mass is 446 g/mol. The van der Waals surface area contributed by atoms with E-state index < -0.39 is 0 Å². The summed E-state index contributed by atoms with van der Waals surface area (Å²) in [6, 6.07) is 25.0. The second-order valence-electron chi connectivity index (χ2n) is 7.24. The molecule has 0 saturated carbocycles. The van der Waals surface area contributed by atoms with Crippen molar-refractivity contribution in [2.24, 2.45) is 0 Å². The van der Waals surface area contributed by atoms with Gasteiger partial charge < -0.3 is 10.3 Å². The molecule has 0 unspecified atom stereocenters. The largest absolute Gasteiger partial charge is 0.375 e. The summed E-state index contributed by atoms with van der Waals surface area (Å²) in [7, 11) is 0. The van der Waals surface area contributed by atoms with Crippen molar-refractivity contribution >= 4 is 61.1 Å². The smallest absolute Gasteiger partial charge is 0.106 e. The molecule has 0 bridgehead atoms. The Balaban J connectivity index is 1.25. The maximum atomic E-state index is 6.11. The van der Waals surface area contributed by atoms with Crippen molar-refractivity contribution < 1.29 is 0 Å². The number of halogens is 1. The molecular weight excluding hydrogens is 428 g/mol. The van der Waals surface area contributed by atoms with Crippen LogP contribution < -0.4 is 5.32 Å². The first-order valence-electron chi connectivity index (χ1n) is 9.80. The summed E-state index contributed by atoms with van der Waals surface area (Å²) in [5.41, 5.74) is 4.71. The molecule has 2 heterocycles. The average Bonchev–Trinajstić information content (AvgIpc) is 3.38. The number of thiocarbonyl (C=S) groups is 1. The Hall–Kier alpha value is -2.66. The molecule has 5 aromatic rings. The summed E-state index contributed by atoms with van der Waals surface area (Å²) in [6.07, 6.45) is 3.01. The molecule has 148 valence electrons. The van der Waals surface area contributed by atoms with Gasteiger partial charge in [0, 0.05) is 43.8 Å². The molecular formula is C25H19ClN2S2. The molecule has 0 radical (unpaired) electrons. The minimum Gasteiger partial charge on any atom is -0.375 e. The lowest BCUT2D eigenvalue weighted by atomic mass is 10.1. The lowest BCUT2D eigenvalue weighted by molar-refractivity contribution is 0.880. The third kappa shape index (κ3) is 3.86. The fraction of sp³-hybridized carbons (Fsp3) is 0.0800. The van der Waals surface area contributed by atoms with Crippen LogP contribution >= 0.6 is 35.2 Å². The predicted octanol–water partition coefficient (Wildman–Crippen LogP) is 7.21. The molecule has 2 N–H and O–H groups in total. The summed E-state index contributed by atoms with van der Waals surface area (Å²) in [5.74, 6) is 0. The van der Waals surface area contributed by atoms with E-state index in [0.29, 0.717) is 0 Å². The summed E-state index contributed by atoms with van der Waals surface area (Å²) in [4.78, 5) is 5.34. The predicted molar refractivity (Wildman–Crippen MR) is 134 cm³/mol. The molecule has 5 heteroatoms. The number of thiophene rings is 1. The van der Waals surface area contributed by atoms with Crippen LogP contribution in [0.1, 0.15) is 11.1 Å². The highest BCUT2D eigenvalue weighted by atomic mass is 35.5. The van der Waals surface area contributed by atoms with Crippen LogP contribution in [0, 0.1) is 0 Å². The number of H-pyrrole nitrogens is 1. The van der Waals surface area contributed by atoms with E-state index in [2.05, 4.69) is 71.1 Å². The van der Waals surface area contributed by atoms with Crippen LogP contribution in [0.15, 0.2) is 79.0 Å². The molecule has 2 aromatic heterocycles. The molecule has 0 aliphatic carbocycles. The van der Waals surface area contributed by atoms with Crippen LogP contribution in [0.25, 0.3) is 31.4 Å². The van der Waals surface area contributed by atoms with Gasteiger partial charge in [0.05, 0.1) is 0 Å². The lowest BCUT2D eigenvalue weighted by Gasteiger charge is -2.08. The van der Waals surface area contributed by atoms with Crippen LogP contribution in [0.5, 0.6) is 0 Å². The molecule has 0 aliphatic heterocycles. The van der Waals surface area contributed by atoms with Crippen molar-refractivity contribution in [3.8, 4) is 10.4 Å². The highest BCUT2D eigenvalue weighted by Gasteiger charge is 2.07. The summed E-state index contributed by atoms with van der Waals surface area (Å²) in [5, 5.41) is 6.62. The minimum atomic E-state index is 0.770. The fourth-order valence-electron chi connectivity index (χ4n) is 3.69. The van der Waals surface area contributed by atoms with Gasteiger partial charge in [-0.1, -0.05) is 66.3 Å². The van der Waals surface area contributed by atoms with Crippen LogP contribution in [-0.4, -0.2) is 16.5 Å². The number of para-hydroxylation sites is 1. The highest BCUT2D eigenvalue weighted by Crippen LogP contribution is 2.34. The molecule has 3 aromatic carbocycles. The van der Waals surface area contributed by atoms with Crippen molar-refractivity contribution in [3.63, 3.8) is 0 Å². The molecule has 30 heavy (non-hydrogen) atoms. The Morgan fingerprint density at radius 1 is 1.00 bits per heavy atom. The topological polar surface area (TPSA) is 27.8 Å². The van der Waals surface area contributed by atoms with E-state index in [0.717, 1.165) is 28.5 Å². The van der Waals surface area contributed by atoms with Crippen LogP contribution in [-0.2, 0) is 6.42 Å². The number of aromatic nitrogens is 1. The Bertz CT molecular complexity index is 1350. The lowest BCUT2D eigenvalue weighted by Crippen LogP contribution is -2.24. The maximum Gasteiger partial charge on any atom is 0.106 e. The molecule has 0 atom stereocenters. The average molecular weight is 447 g/mol. The van der Waals surface area contributed by atoms with E-state index in [1.165, 1.54) is 37.0 Å². The van der Waals surface area contributed by atoms with E-state index >= 15 is 0 Å². The molecule has 0 fully saturated rings. The number of benzene rings is 3. The quantitative estimate of drug-likeness (QED) is 0.279. The van der Waals surface area contributed by atoms with Crippen molar-refractivity contribution in [3.05, 3.63) is 95.1 Å². The van der Waals surface area contributed by atoms with Gasteiger partial charge in [0.2, 0.25) is 0 Å². The second kappa shape index (κ2) is 8.23. The molecule has 5 rings (SSSR count). The van der Waals surface area contributed by atoms with Crippen molar-refractivity contribution in [2.75, 3.05) is 6.54 Å².